The number of fused-ring (bicyclic) bond motifs is 1. The van der Waals surface area contributed by atoms with Gasteiger partial charge in [0, 0.05) is 43.7 Å². The normalized spacial score (nSPS) is 11.6. The molecule has 3 aromatic rings. The van der Waals surface area contributed by atoms with Crippen molar-refractivity contribution in [2.24, 2.45) is 0 Å². The van der Waals surface area contributed by atoms with Gasteiger partial charge in [0.05, 0.1) is 4.90 Å². The zero-order valence-corrected chi connectivity index (χ0v) is 16.0. The molecular formula is C20H23N3O3S. The summed E-state index contributed by atoms with van der Waals surface area (Å²) >= 11 is 0. The Morgan fingerprint density at radius 2 is 1.74 bits per heavy atom. The Morgan fingerprint density at radius 1 is 1.04 bits per heavy atom. The lowest BCUT2D eigenvalue weighted by molar-refractivity contribution is -0.128. The summed E-state index contributed by atoms with van der Waals surface area (Å²) in [4.78, 5) is 17.0. The zero-order valence-electron chi connectivity index (χ0n) is 15.2. The standard InChI is InChI=1S/C20H23N3O3S/c1-16(24)23(13-11-17-15-21-20-10-6-5-9-19(17)20)14-12-22-27(25,26)18-7-3-2-4-8-18/h2-10,15,21-22H,11-14H2,1H3. The topological polar surface area (TPSA) is 82.3 Å². The van der Waals surface area contributed by atoms with Crippen LogP contribution >= 0.6 is 0 Å². The molecule has 0 unspecified atom stereocenters. The smallest absolute Gasteiger partial charge is 0.240 e. The van der Waals surface area contributed by atoms with Gasteiger partial charge in [-0.3, -0.25) is 4.79 Å². The molecule has 0 saturated heterocycles. The van der Waals surface area contributed by atoms with Crippen LogP contribution in [0, 0.1) is 0 Å². The molecule has 27 heavy (non-hydrogen) atoms. The van der Waals surface area contributed by atoms with Crippen molar-refractivity contribution in [3.8, 4) is 0 Å². The number of nitrogens with zero attached hydrogens (tertiary/aromatic N) is 1. The third kappa shape index (κ3) is 4.75. The average molecular weight is 385 g/mol. The molecule has 1 heterocycles. The van der Waals surface area contributed by atoms with Gasteiger partial charge in [-0.05, 0) is 30.2 Å². The minimum absolute atomic E-state index is 0.0752. The summed E-state index contributed by atoms with van der Waals surface area (Å²) in [7, 11) is -3.56. The minimum Gasteiger partial charge on any atom is -0.361 e. The van der Waals surface area contributed by atoms with E-state index in [9.17, 15) is 13.2 Å². The van der Waals surface area contributed by atoms with Crippen LogP contribution < -0.4 is 4.72 Å². The maximum Gasteiger partial charge on any atom is 0.240 e. The van der Waals surface area contributed by atoms with Gasteiger partial charge in [-0.2, -0.15) is 0 Å². The molecule has 1 aromatic heterocycles. The van der Waals surface area contributed by atoms with Crippen molar-refractivity contribution < 1.29 is 13.2 Å². The van der Waals surface area contributed by atoms with Gasteiger partial charge < -0.3 is 9.88 Å². The zero-order chi connectivity index (χ0) is 19.3. The van der Waals surface area contributed by atoms with Crippen LogP contribution in [-0.2, 0) is 21.2 Å². The number of nitrogens with one attached hydrogen (secondary N) is 2. The number of sulfonamides is 1. The summed E-state index contributed by atoms with van der Waals surface area (Å²) < 4.78 is 27.1. The van der Waals surface area contributed by atoms with E-state index in [-0.39, 0.29) is 17.3 Å². The van der Waals surface area contributed by atoms with E-state index in [1.807, 2.05) is 30.5 Å². The highest BCUT2D eigenvalue weighted by Gasteiger charge is 2.15. The monoisotopic (exact) mass is 385 g/mol. The summed E-state index contributed by atoms with van der Waals surface area (Å²) in [6.07, 6.45) is 2.66. The summed E-state index contributed by atoms with van der Waals surface area (Å²) in [5.41, 5.74) is 2.21. The quantitative estimate of drug-likeness (QED) is 0.625. The van der Waals surface area contributed by atoms with E-state index in [2.05, 4.69) is 9.71 Å². The number of hydrogen-bond donors (Lipinski definition) is 2. The molecule has 0 saturated carbocycles. The Morgan fingerprint density at radius 3 is 2.48 bits per heavy atom. The van der Waals surface area contributed by atoms with Gasteiger partial charge in [0.15, 0.2) is 0 Å². The molecule has 2 aromatic carbocycles. The van der Waals surface area contributed by atoms with Crippen LogP contribution in [0.5, 0.6) is 0 Å². The van der Waals surface area contributed by atoms with Gasteiger partial charge in [0.1, 0.15) is 0 Å². The summed E-state index contributed by atoms with van der Waals surface area (Å²) in [6, 6.07) is 16.2. The Kier molecular flexibility index (Phi) is 5.93. The fraction of sp³-hybridized carbons (Fsp3) is 0.250. The molecule has 0 aliphatic rings. The number of benzene rings is 2. The first-order valence-corrected chi connectivity index (χ1v) is 10.3. The van der Waals surface area contributed by atoms with Gasteiger partial charge in [-0.1, -0.05) is 36.4 Å². The largest absolute Gasteiger partial charge is 0.361 e. The van der Waals surface area contributed by atoms with Gasteiger partial charge >= 0.3 is 0 Å². The van der Waals surface area contributed by atoms with E-state index in [0.29, 0.717) is 19.5 Å². The Bertz CT molecular complexity index is 1010. The third-order valence-corrected chi connectivity index (χ3v) is 5.98. The average Bonchev–Trinajstić information content (AvgIpc) is 3.08. The molecule has 0 radical (unpaired) electrons. The van der Waals surface area contributed by atoms with E-state index in [0.717, 1.165) is 16.5 Å². The summed E-state index contributed by atoms with van der Waals surface area (Å²) in [5, 5.41) is 1.14. The molecule has 0 aliphatic carbocycles. The van der Waals surface area contributed by atoms with Crippen molar-refractivity contribution in [1.29, 1.82) is 0 Å². The number of para-hydroxylation sites is 1. The molecule has 0 aliphatic heterocycles. The number of aromatic nitrogens is 1. The fourth-order valence-electron chi connectivity index (χ4n) is 3.02. The van der Waals surface area contributed by atoms with E-state index >= 15 is 0 Å². The fourth-order valence-corrected chi connectivity index (χ4v) is 4.06. The van der Waals surface area contributed by atoms with E-state index in [1.165, 1.54) is 6.92 Å². The van der Waals surface area contributed by atoms with Crippen molar-refractivity contribution >= 4 is 26.8 Å². The van der Waals surface area contributed by atoms with E-state index in [1.54, 1.807) is 35.2 Å². The molecule has 2 N–H and O–H groups in total. The van der Waals surface area contributed by atoms with Gasteiger partial charge in [0.2, 0.25) is 15.9 Å². The molecule has 0 spiro atoms. The Balaban J connectivity index is 1.57. The van der Waals surface area contributed by atoms with Crippen LogP contribution in [0.2, 0.25) is 0 Å². The lowest BCUT2D eigenvalue weighted by atomic mass is 10.1. The van der Waals surface area contributed by atoms with Crippen LogP contribution in [0.15, 0.2) is 65.7 Å². The highest BCUT2D eigenvalue weighted by molar-refractivity contribution is 7.89. The van der Waals surface area contributed by atoms with Crippen molar-refractivity contribution in [2.75, 3.05) is 19.6 Å². The van der Waals surface area contributed by atoms with Gasteiger partial charge in [-0.25, -0.2) is 13.1 Å². The predicted molar refractivity (Wildman–Crippen MR) is 106 cm³/mol. The summed E-state index contributed by atoms with van der Waals surface area (Å²) in [6.45, 7) is 2.53. The van der Waals surface area contributed by atoms with Crippen molar-refractivity contribution in [3.05, 3.63) is 66.4 Å². The first kappa shape index (κ1) is 19.1. The lowest BCUT2D eigenvalue weighted by Crippen LogP contribution is -2.38. The molecule has 1 amide bonds. The second kappa shape index (κ2) is 8.37. The second-order valence-electron chi connectivity index (χ2n) is 6.33. The maximum atomic E-state index is 12.3. The highest BCUT2D eigenvalue weighted by Crippen LogP contribution is 2.18. The molecule has 3 rings (SSSR count). The number of H-pyrrole nitrogens is 1. The number of carbonyl (C=O) groups is 1. The van der Waals surface area contributed by atoms with Crippen LogP contribution in [0.1, 0.15) is 12.5 Å². The lowest BCUT2D eigenvalue weighted by Gasteiger charge is -2.21. The predicted octanol–water partition coefficient (Wildman–Crippen LogP) is 2.54. The van der Waals surface area contributed by atoms with Crippen molar-refractivity contribution in [2.45, 2.75) is 18.2 Å². The van der Waals surface area contributed by atoms with Crippen LogP contribution in [0.25, 0.3) is 10.9 Å². The number of amides is 1. The first-order valence-electron chi connectivity index (χ1n) is 8.82. The van der Waals surface area contributed by atoms with Crippen LogP contribution in [0.4, 0.5) is 0 Å². The van der Waals surface area contributed by atoms with Crippen molar-refractivity contribution in [1.82, 2.24) is 14.6 Å². The molecular weight excluding hydrogens is 362 g/mol. The molecule has 0 bridgehead atoms. The Labute approximate surface area is 159 Å². The van der Waals surface area contributed by atoms with Gasteiger partial charge in [0.25, 0.3) is 0 Å². The van der Waals surface area contributed by atoms with Crippen LogP contribution in [0.3, 0.4) is 0 Å². The second-order valence-corrected chi connectivity index (χ2v) is 8.09. The number of carbonyl (C=O) groups excluding carboxylic acids is 1. The third-order valence-electron chi connectivity index (χ3n) is 4.50. The maximum absolute atomic E-state index is 12.3. The molecule has 6 nitrogen and oxygen atoms in total. The SMILES string of the molecule is CC(=O)N(CCNS(=O)(=O)c1ccccc1)CCc1c[nH]c2ccccc12. The molecule has 142 valence electrons. The summed E-state index contributed by atoms with van der Waals surface area (Å²) in [5.74, 6) is -0.0752. The molecule has 0 atom stereocenters. The van der Waals surface area contributed by atoms with Crippen LogP contribution in [-0.4, -0.2) is 43.8 Å². The minimum atomic E-state index is -3.56. The Hall–Kier alpha value is -2.64. The van der Waals surface area contributed by atoms with E-state index in [4.69, 9.17) is 0 Å². The molecule has 0 fully saturated rings. The van der Waals surface area contributed by atoms with E-state index < -0.39 is 10.0 Å². The number of rotatable bonds is 8. The highest BCUT2D eigenvalue weighted by atomic mass is 32.2. The number of aromatic amines is 1. The first-order chi connectivity index (χ1) is 13.0. The molecule has 7 heteroatoms. The number of hydrogen-bond acceptors (Lipinski definition) is 3. The van der Waals surface area contributed by atoms with Gasteiger partial charge in [-0.15, -0.1) is 0 Å². The van der Waals surface area contributed by atoms with Crippen molar-refractivity contribution in [3.63, 3.8) is 0 Å².